The molecule has 1 saturated heterocycles. The number of nitrogens with one attached hydrogen (secondary N) is 2. The van der Waals surface area contributed by atoms with Crippen molar-refractivity contribution in [1.29, 1.82) is 0 Å². The van der Waals surface area contributed by atoms with Crippen LogP contribution in [0.25, 0.3) is 10.9 Å². The number of H-pyrrole nitrogens is 1. The van der Waals surface area contributed by atoms with Crippen LogP contribution in [0.4, 0.5) is 5.82 Å². The molecule has 1 fully saturated rings. The number of aromatic amines is 1. The van der Waals surface area contributed by atoms with Crippen LogP contribution in [0.5, 0.6) is 0 Å². The Labute approximate surface area is 166 Å². The molecule has 3 unspecified atom stereocenters. The van der Waals surface area contributed by atoms with E-state index in [-0.39, 0.29) is 0 Å². The Morgan fingerprint density at radius 2 is 2.14 bits per heavy atom. The Morgan fingerprint density at radius 3 is 2.86 bits per heavy atom. The minimum Gasteiger partial charge on any atom is -0.394 e. The molecule has 5 N–H and O–H groups in total. The number of aromatic nitrogens is 3. The summed E-state index contributed by atoms with van der Waals surface area (Å²) in [4.78, 5) is 19.7. The highest BCUT2D eigenvalue weighted by atomic mass is 16.6. The maximum absolute atomic E-state index is 12.5. The van der Waals surface area contributed by atoms with E-state index in [1.807, 2.05) is 24.4 Å². The fraction of sp³-hybridized carbons (Fsp3) is 0.400. The first-order valence-electron chi connectivity index (χ1n) is 9.46. The Kier molecular flexibility index (Phi) is 5.13. The number of fused-ring (bicyclic) bond motifs is 1. The van der Waals surface area contributed by atoms with Crippen molar-refractivity contribution in [3.8, 4) is 0 Å². The molecule has 0 spiro atoms. The minimum absolute atomic E-state index is 0.406. The quantitative estimate of drug-likeness (QED) is 0.404. The fourth-order valence-electron chi connectivity index (χ4n) is 3.74. The van der Waals surface area contributed by atoms with Crippen molar-refractivity contribution < 1.29 is 20.1 Å². The highest BCUT2D eigenvalue weighted by molar-refractivity contribution is 5.83. The van der Waals surface area contributed by atoms with E-state index in [2.05, 4.69) is 21.4 Å². The lowest BCUT2D eigenvalue weighted by molar-refractivity contribution is -0.0986. The van der Waals surface area contributed by atoms with E-state index in [1.165, 1.54) is 18.7 Å². The second-order valence-electron chi connectivity index (χ2n) is 7.42. The number of nitrogens with zero attached hydrogens (tertiary/aromatic N) is 2. The molecule has 0 aliphatic carbocycles. The van der Waals surface area contributed by atoms with Gasteiger partial charge in [-0.1, -0.05) is 18.2 Å². The van der Waals surface area contributed by atoms with Gasteiger partial charge in [-0.3, -0.25) is 4.57 Å². The number of ether oxygens (including phenoxy) is 1. The van der Waals surface area contributed by atoms with E-state index < -0.39 is 36.3 Å². The SMILES string of the molecule is C[C@@]1(O)C(O)C(CO)OC1n1ccc(NCCc2c[nH]c3ccccc23)nc1=O. The summed E-state index contributed by atoms with van der Waals surface area (Å²) in [5, 5.41) is 34.2. The van der Waals surface area contributed by atoms with Crippen LogP contribution in [0.3, 0.4) is 0 Å². The number of rotatable bonds is 6. The smallest absolute Gasteiger partial charge is 0.351 e. The van der Waals surface area contributed by atoms with Gasteiger partial charge in [0.25, 0.3) is 0 Å². The highest BCUT2D eigenvalue weighted by Gasteiger charge is 2.53. The second kappa shape index (κ2) is 7.60. The van der Waals surface area contributed by atoms with Crippen molar-refractivity contribution in [2.75, 3.05) is 18.5 Å². The number of aliphatic hydroxyl groups is 3. The summed E-state index contributed by atoms with van der Waals surface area (Å²) in [5.41, 5.74) is -0.113. The molecule has 1 aromatic carbocycles. The summed E-state index contributed by atoms with van der Waals surface area (Å²) < 4.78 is 6.58. The highest BCUT2D eigenvalue weighted by Crippen LogP contribution is 2.37. The van der Waals surface area contributed by atoms with E-state index in [1.54, 1.807) is 6.07 Å². The van der Waals surface area contributed by atoms with Gasteiger partial charge in [0, 0.05) is 29.8 Å². The van der Waals surface area contributed by atoms with Gasteiger partial charge in [0.2, 0.25) is 0 Å². The Bertz CT molecular complexity index is 1060. The van der Waals surface area contributed by atoms with Crippen molar-refractivity contribution in [3.05, 3.63) is 58.8 Å². The first kappa shape index (κ1) is 19.6. The van der Waals surface area contributed by atoms with Crippen LogP contribution in [0, 0.1) is 0 Å². The van der Waals surface area contributed by atoms with Gasteiger partial charge in [-0.15, -0.1) is 0 Å². The molecule has 29 heavy (non-hydrogen) atoms. The number of hydrogen-bond acceptors (Lipinski definition) is 7. The van der Waals surface area contributed by atoms with Crippen LogP contribution in [0.15, 0.2) is 47.5 Å². The summed E-state index contributed by atoms with van der Waals surface area (Å²) in [6, 6.07) is 9.65. The maximum atomic E-state index is 12.5. The summed E-state index contributed by atoms with van der Waals surface area (Å²) in [6.07, 6.45) is 0.735. The van der Waals surface area contributed by atoms with Gasteiger partial charge < -0.3 is 30.4 Å². The van der Waals surface area contributed by atoms with Gasteiger partial charge in [-0.25, -0.2) is 4.79 Å². The van der Waals surface area contributed by atoms with E-state index in [4.69, 9.17) is 4.74 Å². The minimum atomic E-state index is -1.73. The van der Waals surface area contributed by atoms with Crippen LogP contribution in [-0.2, 0) is 11.2 Å². The van der Waals surface area contributed by atoms with E-state index >= 15 is 0 Å². The molecular weight excluding hydrogens is 376 g/mol. The monoisotopic (exact) mass is 400 g/mol. The topological polar surface area (TPSA) is 133 Å². The van der Waals surface area contributed by atoms with Gasteiger partial charge in [-0.05, 0) is 31.0 Å². The van der Waals surface area contributed by atoms with E-state index in [0.29, 0.717) is 12.4 Å². The molecular formula is C20H24N4O5. The molecule has 9 heteroatoms. The molecule has 3 aromatic rings. The molecule has 0 bridgehead atoms. The van der Waals surface area contributed by atoms with Gasteiger partial charge in [0.1, 0.15) is 23.6 Å². The Morgan fingerprint density at radius 1 is 1.34 bits per heavy atom. The lowest BCUT2D eigenvalue weighted by atomic mass is 9.96. The predicted molar refractivity (Wildman–Crippen MR) is 107 cm³/mol. The average molecular weight is 400 g/mol. The molecule has 3 heterocycles. The molecule has 9 nitrogen and oxygen atoms in total. The Balaban J connectivity index is 1.44. The first-order chi connectivity index (χ1) is 13.9. The molecule has 0 amide bonds. The van der Waals surface area contributed by atoms with Crippen molar-refractivity contribution in [2.45, 2.75) is 37.4 Å². The molecule has 2 aromatic heterocycles. The average Bonchev–Trinajstić information content (AvgIpc) is 3.21. The standard InChI is InChI=1S/C20H24N4O5/c1-20(28)17(26)15(11-25)29-18(20)24-9-7-16(23-19(24)27)21-8-6-12-10-22-14-5-3-2-4-13(12)14/h2-5,7,9-10,15,17-18,22,25-26,28H,6,8,11H2,1H3,(H,21,23,27)/t15?,17?,18?,20-/m1/s1. The molecule has 1 aliphatic rings. The molecule has 0 radical (unpaired) electrons. The lowest BCUT2D eigenvalue weighted by Gasteiger charge is -2.27. The third-order valence-corrected chi connectivity index (χ3v) is 5.39. The van der Waals surface area contributed by atoms with Gasteiger partial charge in [-0.2, -0.15) is 4.98 Å². The van der Waals surface area contributed by atoms with Gasteiger partial charge in [0.15, 0.2) is 6.23 Å². The number of para-hydroxylation sites is 1. The largest absolute Gasteiger partial charge is 0.394 e. The fourth-order valence-corrected chi connectivity index (χ4v) is 3.74. The molecule has 1 aliphatic heterocycles. The summed E-state index contributed by atoms with van der Waals surface area (Å²) in [6.45, 7) is 1.47. The zero-order valence-corrected chi connectivity index (χ0v) is 15.9. The van der Waals surface area contributed by atoms with E-state index in [9.17, 15) is 20.1 Å². The van der Waals surface area contributed by atoms with Crippen molar-refractivity contribution in [3.63, 3.8) is 0 Å². The third-order valence-electron chi connectivity index (χ3n) is 5.39. The first-order valence-corrected chi connectivity index (χ1v) is 9.46. The summed E-state index contributed by atoms with van der Waals surface area (Å²) >= 11 is 0. The number of aliphatic hydroxyl groups excluding tert-OH is 2. The number of hydrogen-bond donors (Lipinski definition) is 5. The summed E-state index contributed by atoms with van der Waals surface area (Å²) in [7, 11) is 0. The number of anilines is 1. The summed E-state index contributed by atoms with van der Waals surface area (Å²) in [5.74, 6) is 0.406. The van der Waals surface area contributed by atoms with Gasteiger partial charge >= 0.3 is 5.69 Å². The van der Waals surface area contributed by atoms with Crippen LogP contribution >= 0.6 is 0 Å². The molecule has 154 valence electrons. The normalized spacial score (nSPS) is 26.8. The van der Waals surface area contributed by atoms with E-state index in [0.717, 1.165) is 21.9 Å². The zero-order valence-electron chi connectivity index (χ0n) is 15.9. The van der Waals surface area contributed by atoms with Gasteiger partial charge in [0.05, 0.1) is 6.61 Å². The second-order valence-corrected chi connectivity index (χ2v) is 7.42. The third kappa shape index (κ3) is 3.53. The maximum Gasteiger partial charge on any atom is 0.351 e. The van der Waals surface area contributed by atoms with Crippen molar-refractivity contribution in [1.82, 2.24) is 14.5 Å². The Hall–Kier alpha value is -2.72. The van der Waals surface area contributed by atoms with Crippen LogP contribution in [0.2, 0.25) is 0 Å². The zero-order chi connectivity index (χ0) is 20.6. The molecule has 0 saturated carbocycles. The lowest BCUT2D eigenvalue weighted by Crippen LogP contribution is -2.46. The van der Waals surface area contributed by atoms with Crippen LogP contribution in [-0.4, -0.2) is 60.8 Å². The molecule has 4 rings (SSSR count). The predicted octanol–water partition coefficient (Wildman–Crippen LogP) is 0.381. The van der Waals surface area contributed by atoms with Crippen molar-refractivity contribution >= 4 is 16.7 Å². The van der Waals surface area contributed by atoms with Crippen molar-refractivity contribution in [2.24, 2.45) is 0 Å². The van der Waals surface area contributed by atoms with Crippen LogP contribution < -0.4 is 11.0 Å². The number of benzene rings is 1. The molecule has 4 atom stereocenters. The van der Waals surface area contributed by atoms with Crippen LogP contribution in [0.1, 0.15) is 18.7 Å².